The molecule has 1 saturated heterocycles. The fourth-order valence-corrected chi connectivity index (χ4v) is 4.62. The van der Waals surface area contributed by atoms with E-state index in [0.29, 0.717) is 12.5 Å². The number of fused-ring (bicyclic) bond motifs is 1. The van der Waals surface area contributed by atoms with E-state index in [-0.39, 0.29) is 11.5 Å². The van der Waals surface area contributed by atoms with Gasteiger partial charge in [0.15, 0.2) is 0 Å². The molecule has 160 valence electrons. The number of alkyl halides is 1. The van der Waals surface area contributed by atoms with E-state index in [1.807, 2.05) is 43.9 Å². The van der Waals surface area contributed by atoms with E-state index in [1.54, 1.807) is 6.33 Å². The van der Waals surface area contributed by atoms with Gasteiger partial charge in [0.25, 0.3) is 0 Å². The highest BCUT2D eigenvalue weighted by Gasteiger charge is 2.29. The van der Waals surface area contributed by atoms with Crippen molar-refractivity contribution in [1.82, 2.24) is 24.4 Å². The summed E-state index contributed by atoms with van der Waals surface area (Å²) in [5.74, 6) is 1.24. The van der Waals surface area contributed by atoms with E-state index in [0.717, 1.165) is 54.1 Å². The number of halogens is 1. The first kappa shape index (κ1) is 20.3. The molecule has 0 aliphatic carbocycles. The van der Waals surface area contributed by atoms with Crippen molar-refractivity contribution in [2.45, 2.75) is 18.0 Å². The lowest BCUT2D eigenvalue weighted by atomic mass is 10.0. The standard InChI is InChI=1S/C23H25ClN6O/c1-29-21-5-3-2-4-20(21)28-23(29)18-9-22(27-12-19(18)24)30-6-7-31-14-17(13-30)8-16-10-25-15-26-11-16/h2-5,9-12,15,17,19,22H,6-8,13-14H2,1H3. The van der Waals surface area contributed by atoms with Crippen molar-refractivity contribution in [2.75, 3.05) is 26.3 Å². The SMILES string of the molecule is Cn1c(C2=CC(N3CCOCC(Cc4cncnc4)C3)N=CC2Cl)nc2ccccc21. The average molecular weight is 437 g/mol. The molecule has 1 aromatic carbocycles. The van der Waals surface area contributed by atoms with Crippen molar-refractivity contribution < 1.29 is 4.74 Å². The van der Waals surface area contributed by atoms with Crippen molar-refractivity contribution in [2.24, 2.45) is 18.0 Å². The summed E-state index contributed by atoms with van der Waals surface area (Å²) < 4.78 is 8.00. The van der Waals surface area contributed by atoms with Crippen LogP contribution in [0.4, 0.5) is 0 Å². The molecule has 31 heavy (non-hydrogen) atoms. The molecular weight excluding hydrogens is 412 g/mol. The number of allylic oxidation sites excluding steroid dienone is 1. The van der Waals surface area contributed by atoms with Crippen LogP contribution in [-0.2, 0) is 18.2 Å². The highest BCUT2D eigenvalue weighted by atomic mass is 35.5. The number of hydrogen-bond donors (Lipinski definition) is 0. The summed E-state index contributed by atoms with van der Waals surface area (Å²) in [6, 6.07) is 8.14. The molecular formula is C23H25ClN6O. The molecule has 0 radical (unpaired) electrons. The molecule has 3 unspecified atom stereocenters. The Morgan fingerprint density at radius 1 is 1.19 bits per heavy atom. The molecule has 4 heterocycles. The van der Waals surface area contributed by atoms with Gasteiger partial charge in [0.2, 0.25) is 0 Å². The summed E-state index contributed by atoms with van der Waals surface area (Å²) in [5.41, 5.74) is 4.19. The maximum atomic E-state index is 6.66. The van der Waals surface area contributed by atoms with E-state index in [1.165, 1.54) is 0 Å². The second kappa shape index (κ2) is 8.86. The van der Waals surface area contributed by atoms with Crippen molar-refractivity contribution in [1.29, 1.82) is 0 Å². The first-order valence-corrected chi connectivity index (χ1v) is 11.0. The van der Waals surface area contributed by atoms with Gasteiger partial charge in [-0.2, -0.15) is 0 Å². The maximum absolute atomic E-state index is 6.66. The molecule has 0 amide bonds. The maximum Gasteiger partial charge on any atom is 0.138 e. The van der Waals surface area contributed by atoms with Gasteiger partial charge in [0, 0.05) is 44.3 Å². The summed E-state index contributed by atoms with van der Waals surface area (Å²) in [7, 11) is 2.04. The lowest BCUT2D eigenvalue weighted by molar-refractivity contribution is 0.121. The van der Waals surface area contributed by atoms with Crippen LogP contribution in [0.3, 0.4) is 0 Å². The normalized spacial score (nSPS) is 24.8. The largest absolute Gasteiger partial charge is 0.380 e. The molecule has 7 nitrogen and oxygen atoms in total. The molecule has 3 aromatic rings. The zero-order chi connectivity index (χ0) is 21.2. The molecule has 2 aliphatic rings. The fourth-order valence-electron chi connectivity index (χ4n) is 4.38. The highest BCUT2D eigenvalue weighted by Crippen LogP contribution is 2.29. The third-order valence-electron chi connectivity index (χ3n) is 5.92. The number of aromatic nitrogens is 4. The van der Waals surface area contributed by atoms with Crippen molar-refractivity contribution >= 4 is 34.4 Å². The zero-order valence-corrected chi connectivity index (χ0v) is 18.2. The van der Waals surface area contributed by atoms with Crippen LogP contribution in [0.5, 0.6) is 0 Å². The minimum atomic E-state index is -0.299. The van der Waals surface area contributed by atoms with Crippen molar-refractivity contribution in [3.63, 3.8) is 0 Å². The fraction of sp³-hybridized carbons (Fsp3) is 0.391. The smallest absolute Gasteiger partial charge is 0.138 e. The Morgan fingerprint density at radius 3 is 2.87 bits per heavy atom. The first-order chi connectivity index (χ1) is 15.2. The van der Waals surface area contributed by atoms with E-state index >= 15 is 0 Å². The number of aliphatic imine (C=N–C) groups is 1. The molecule has 1 fully saturated rings. The highest BCUT2D eigenvalue weighted by molar-refractivity contribution is 6.34. The molecule has 2 aliphatic heterocycles. The van der Waals surface area contributed by atoms with Crippen LogP contribution < -0.4 is 0 Å². The van der Waals surface area contributed by atoms with Gasteiger partial charge >= 0.3 is 0 Å². The summed E-state index contributed by atoms with van der Waals surface area (Å²) in [6.45, 7) is 3.12. The summed E-state index contributed by atoms with van der Waals surface area (Å²) in [4.78, 5) is 20.2. The predicted octanol–water partition coefficient (Wildman–Crippen LogP) is 2.96. The minimum Gasteiger partial charge on any atom is -0.380 e. The Balaban J connectivity index is 1.40. The number of aryl methyl sites for hydroxylation is 1. The molecule has 3 atom stereocenters. The molecule has 0 spiro atoms. The average Bonchev–Trinajstić information content (AvgIpc) is 2.96. The number of nitrogens with zero attached hydrogens (tertiary/aromatic N) is 6. The van der Waals surface area contributed by atoms with E-state index in [4.69, 9.17) is 26.3 Å². The third-order valence-corrected chi connectivity index (χ3v) is 6.27. The van der Waals surface area contributed by atoms with Crippen LogP contribution in [0.25, 0.3) is 16.6 Å². The van der Waals surface area contributed by atoms with Crippen LogP contribution in [0.1, 0.15) is 11.4 Å². The van der Waals surface area contributed by atoms with E-state index in [9.17, 15) is 0 Å². The minimum absolute atomic E-state index is 0.0824. The Kier molecular flexibility index (Phi) is 5.80. The molecule has 8 heteroatoms. The molecule has 0 saturated carbocycles. The van der Waals surface area contributed by atoms with Crippen LogP contribution >= 0.6 is 11.6 Å². The number of ether oxygens (including phenoxy) is 1. The van der Waals surface area contributed by atoms with E-state index < -0.39 is 0 Å². The Bertz CT molecular complexity index is 1110. The number of para-hydroxylation sites is 2. The summed E-state index contributed by atoms with van der Waals surface area (Å²) in [6.07, 6.45) is 10.1. The quantitative estimate of drug-likeness (QED) is 0.588. The number of hydrogen-bond acceptors (Lipinski definition) is 6. The van der Waals surface area contributed by atoms with Gasteiger partial charge in [-0.3, -0.25) is 9.89 Å². The monoisotopic (exact) mass is 436 g/mol. The molecule has 0 N–H and O–H groups in total. The molecule has 5 rings (SSSR count). The molecule has 2 aromatic heterocycles. The van der Waals surface area contributed by atoms with Gasteiger partial charge in [-0.15, -0.1) is 11.6 Å². The lowest BCUT2D eigenvalue weighted by Gasteiger charge is -2.30. The van der Waals surface area contributed by atoms with Crippen LogP contribution in [0, 0.1) is 5.92 Å². The summed E-state index contributed by atoms with van der Waals surface area (Å²) >= 11 is 6.66. The summed E-state index contributed by atoms with van der Waals surface area (Å²) in [5, 5.41) is -0.299. The van der Waals surface area contributed by atoms with Crippen LogP contribution in [-0.4, -0.2) is 68.5 Å². The Hall–Kier alpha value is -2.61. The van der Waals surface area contributed by atoms with Crippen molar-refractivity contribution in [3.05, 3.63) is 60.5 Å². The van der Waals surface area contributed by atoms with Crippen molar-refractivity contribution in [3.8, 4) is 0 Å². The van der Waals surface area contributed by atoms with Gasteiger partial charge in [-0.05, 0) is 36.1 Å². The van der Waals surface area contributed by atoms with Crippen LogP contribution in [0.2, 0.25) is 0 Å². The number of dihydropyridines is 1. The van der Waals surface area contributed by atoms with Crippen LogP contribution in [0.15, 0.2) is 54.1 Å². The second-order valence-corrected chi connectivity index (χ2v) is 8.58. The number of imidazole rings is 1. The third kappa shape index (κ3) is 4.26. The molecule has 0 bridgehead atoms. The zero-order valence-electron chi connectivity index (χ0n) is 17.4. The number of rotatable bonds is 4. The van der Waals surface area contributed by atoms with Gasteiger partial charge < -0.3 is 9.30 Å². The van der Waals surface area contributed by atoms with Gasteiger partial charge in [0.1, 0.15) is 18.3 Å². The second-order valence-electron chi connectivity index (χ2n) is 8.11. The Labute approximate surface area is 186 Å². The van der Waals surface area contributed by atoms with Gasteiger partial charge in [-0.25, -0.2) is 15.0 Å². The lowest BCUT2D eigenvalue weighted by Crippen LogP contribution is -2.39. The first-order valence-electron chi connectivity index (χ1n) is 10.6. The van der Waals surface area contributed by atoms with Gasteiger partial charge in [-0.1, -0.05) is 12.1 Å². The predicted molar refractivity (Wildman–Crippen MR) is 122 cm³/mol. The topological polar surface area (TPSA) is 68.4 Å². The Morgan fingerprint density at radius 2 is 2.03 bits per heavy atom. The van der Waals surface area contributed by atoms with Gasteiger partial charge in [0.05, 0.1) is 29.6 Å². The number of benzene rings is 1. The van der Waals surface area contributed by atoms with E-state index in [2.05, 4.69) is 31.6 Å².